The largest absolute Gasteiger partial charge is 0.395 e. The molecule has 0 saturated heterocycles. The van der Waals surface area contributed by atoms with Gasteiger partial charge < -0.3 is 25.0 Å². The molecule has 0 aliphatic rings. The second-order valence-electron chi connectivity index (χ2n) is 5.15. The molecule has 1 aromatic carbocycles. The van der Waals surface area contributed by atoms with Crippen molar-refractivity contribution in [3.63, 3.8) is 0 Å². The number of nitrogens with zero attached hydrogens (tertiary/aromatic N) is 2. The van der Waals surface area contributed by atoms with Gasteiger partial charge in [0.15, 0.2) is 0 Å². The number of anilines is 1. The van der Waals surface area contributed by atoms with Crippen molar-refractivity contribution in [2.75, 3.05) is 31.6 Å². The Kier molecular flexibility index (Phi) is 5.80. The minimum absolute atomic E-state index is 0.133. The SMILES string of the molecule is CCCn1ccc2ccc(NC(=O)N(CCO)CCO)cc21. The van der Waals surface area contributed by atoms with Gasteiger partial charge in [-0.2, -0.15) is 0 Å². The number of carbonyl (C=O) groups is 1. The minimum Gasteiger partial charge on any atom is -0.395 e. The predicted molar refractivity (Wildman–Crippen MR) is 87.0 cm³/mol. The van der Waals surface area contributed by atoms with E-state index in [-0.39, 0.29) is 32.3 Å². The van der Waals surface area contributed by atoms with Crippen molar-refractivity contribution in [2.24, 2.45) is 0 Å². The molecule has 6 heteroatoms. The van der Waals surface area contributed by atoms with Crippen LogP contribution in [0.5, 0.6) is 0 Å². The molecule has 0 atom stereocenters. The number of nitrogens with one attached hydrogen (secondary N) is 1. The number of hydrogen-bond donors (Lipinski definition) is 3. The standard InChI is InChI=1S/C16H23N3O3/c1-2-6-18-7-5-13-3-4-14(12-15(13)18)17-16(22)19(8-10-20)9-11-21/h3-5,7,12,20-21H,2,6,8-11H2,1H3,(H,17,22). The summed E-state index contributed by atoms with van der Waals surface area (Å²) in [6.45, 7) is 3.18. The van der Waals surface area contributed by atoms with Crippen LogP contribution in [0.15, 0.2) is 30.5 Å². The van der Waals surface area contributed by atoms with Gasteiger partial charge in [0.25, 0.3) is 0 Å². The van der Waals surface area contributed by atoms with Gasteiger partial charge in [-0.1, -0.05) is 13.0 Å². The predicted octanol–water partition coefficient (Wildman–Crippen LogP) is 1.87. The summed E-state index contributed by atoms with van der Waals surface area (Å²) in [7, 11) is 0. The summed E-state index contributed by atoms with van der Waals surface area (Å²) in [6.07, 6.45) is 3.09. The lowest BCUT2D eigenvalue weighted by molar-refractivity contribution is 0.167. The molecule has 2 rings (SSSR count). The number of aliphatic hydroxyl groups is 2. The van der Waals surface area contributed by atoms with Crippen LogP contribution in [0.1, 0.15) is 13.3 Å². The molecule has 3 N–H and O–H groups in total. The van der Waals surface area contributed by atoms with Crippen LogP contribution >= 0.6 is 0 Å². The lowest BCUT2D eigenvalue weighted by atomic mass is 10.2. The molecule has 0 spiro atoms. The van der Waals surface area contributed by atoms with E-state index in [1.54, 1.807) is 0 Å². The van der Waals surface area contributed by atoms with Crippen LogP contribution in [-0.2, 0) is 6.54 Å². The molecule has 120 valence electrons. The summed E-state index contributed by atoms with van der Waals surface area (Å²) in [5.41, 5.74) is 1.78. The highest BCUT2D eigenvalue weighted by Crippen LogP contribution is 2.21. The monoisotopic (exact) mass is 305 g/mol. The van der Waals surface area contributed by atoms with E-state index in [9.17, 15) is 4.79 Å². The second kappa shape index (κ2) is 7.82. The molecule has 0 fully saturated rings. The highest BCUT2D eigenvalue weighted by atomic mass is 16.3. The Labute approximate surface area is 130 Å². The maximum absolute atomic E-state index is 12.2. The summed E-state index contributed by atoms with van der Waals surface area (Å²) >= 11 is 0. The first kappa shape index (κ1) is 16.3. The van der Waals surface area contributed by atoms with E-state index < -0.39 is 0 Å². The van der Waals surface area contributed by atoms with Gasteiger partial charge in [-0.3, -0.25) is 0 Å². The van der Waals surface area contributed by atoms with Crippen molar-refractivity contribution < 1.29 is 15.0 Å². The van der Waals surface area contributed by atoms with E-state index in [0.717, 1.165) is 23.9 Å². The molecular formula is C16H23N3O3. The Morgan fingerprint density at radius 1 is 1.23 bits per heavy atom. The lowest BCUT2D eigenvalue weighted by Gasteiger charge is -2.21. The fourth-order valence-corrected chi connectivity index (χ4v) is 2.46. The topological polar surface area (TPSA) is 77.7 Å². The van der Waals surface area contributed by atoms with Crippen molar-refractivity contribution in [1.82, 2.24) is 9.47 Å². The molecule has 2 aromatic rings. The van der Waals surface area contributed by atoms with Gasteiger partial charge in [0.1, 0.15) is 0 Å². The Morgan fingerprint density at radius 3 is 2.59 bits per heavy atom. The maximum Gasteiger partial charge on any atom is 0.322 e. The number of rotatable bonds is 7. The number of amides is 2. The zero-order valence-electron chi connectivity index (χ0n) is 12.8. The molecule has 6 nitrogen and oxygen atoms in total. The van der Waals surface area contributed by atoms with Crippen LogP contribution in [0.4, 0.5) is 10.5 Å². The molecular weight excluding hydrogens is 282 g/mol. The van der Waals surface area contributed by atoms with Crippen LogP contribution < -0.4 is 5.32 Å². The molecule has 0 aliphatic carbocycles. The number of urea groups is 1. The average molecular weight is 305 g/mol. The fourth-order valence-electron chi connectivity index (χ4n) is 2.46. The molecule has 1 aromatic heterocycles. The number of aromatic nitrogens is 1. The van der Waals surface area contributed by atoms with Gasteiger partial charge in [0.2, 0.25) is 0 Å². The summed E-state index contributed by atoms with van der Waals surface area (Å²) < 4.78 is 2.16. The van der Waals surface area contributed by atoms with Gasteiger partial charge in [-0.05, 0) is 30.0 Å². The zero-order chi connectivity index (χ0) is 15.9. The molecule has 0 aliphatic heterocycles. The molecule has 0 radical (unpaired) electrons. The third kappa shape index (κ3) is 3.78. The fraction of sp³-hybridized carbons (Fsp3) is 0.438. The maximum atomic E-state index is 12.2. The Hall–Kier alpha value is -2.05. The molecule has 2 amide bonds. The van der Waals surface area contributed by atoms with E-state index in [1.165, 1.54) is 4.90 Å². The molecule has 0 saturated carbocycles. The summed E-state index contributed by atoms with van der Waals surface area (Å²) in [6, 6.07) is 7.50. The number of carbonyl (C=O) groups excluding carboxylic acids is 1. The first-order valence-electron chi connectivity index (χ1n) is 7.56. The van der Waals surface area contributed by atoms with Crippen LogP contribution in [0, 0.1) is 0 Å². The van der Waals surface area contributed by atoms with E-state index in [0.29, 0.717) is 5.69 Å². The molecule has 22 heavy (non-hydrogen) atoms. The Bertz CT molecular complexity index is 618. The quantitative estimate of drug-likeness (QED) is 0.731. The van der Waals surface area contributed by atoms with E-state index in [1.807, 2.05) is 24.4 Å². The van der Waals surface area contributed by atoms with Crippen molar-refractivity contribution in [3.8, 4) is 0 Å². The van der Waals surface area contributed by atoms with Crippen LogP contribution in [0.25, 0.3) is 10.9 Å². The van der Waals surface area contributed by atoms with Crippen molar-refractivity contribution in [1.29, 1.82) is 0 Å². The summed E-state index contributed by atoms with van der Waals surface area (Å²) in [5, 5.41) is 21.9. The Morgan fingerprint density at radius 2 is 1.95 bits per heavy atom. The smallest absolute Gasteiger partial charge is 0.322 e. The molecule has 0 unspecified atom stereocenters. The average Bonchev–Trinajstić information content (AvgIpc) is 2.90. The minimum atomic E-state index is -0.323. The first-order valence-corrected chi connectivity index (χ1v) is 7.56. The van der Waals surface area contributed by atoms with Crippen LogP contribution in [0.2, 0.25) is 0 Å². The molecule has 1 heterocycles. The highest BCUT2D eigenvalue weighted by molar-refractivity contribution is 5.92. The second-order valence-corrected chi connectivity index (χ2v) is 5.15. The van der Waals surface area contributed by atoms with Crippen molar-refractivity contribution in [3.05, 3.63) is 30.5 Å². The summed E-state index contributed by atoms with van der Waals surface area (Å²) in [5.74, 6) is 0. The zero-order valence-corrected chi connectivity index (χ0v) is 12.8. The van der Waals surface area contributed by atoms with Gasteiger partial charge >= 0.3 is 6.03 Å². The first-order chi connectivity index (χ1) is 10.7. The lowest BCUT2D eigenvalue weighted by Crippen LogP contribution is -2.38. The number of benzene rings is 1. The van der Waals surface area contributed by atoms with Crippen LogP contribution in [0.3, 0.4) is 0 Å². The Balaban J connectivity index is 2.16. The number of hydrogen-bond acceptors (Lipinski definition) is 3. The normalized spacial score (nSPS) is 10.9. The van der Waals surface area contributed by atoms with Crippen molar-refractivity contribution >= 4 is 22.6 Å². The molecule has 0 bridgehead atoms. The van der Waals surface area contributed by atoms with Crippen molar-refractivity contribution in [2.45, 2.75) is 19.9 Å². The third-order valence-corrected chi connectivity index (χ3v) is 3.52. The summed E-state index contributed by atoms with van der Waals surface area (Å²) in [4.78, 5) is 13.5. The van der Waals surface area contributed by atoms with E-state index >= 15 is 0 Å². The number of aryl methyl sites for hydroxylation is 1. The van der Waals surface area contributed by atoms with E-state index in [2.05, 4.69) is 22.9 Å². The van der Waals surface area contributed by atoms with Gasteiger partial charge in [-0.25, -0.2) is 4.79 Å². The third-order valence-electron chi connectivity index (χ3n) is 3.52. The highest BCUT2D eigenvalue weighted by Gasteiger charge is 2.13. The van der Waals surface area contributed by atoms with Crippen LogP contribution in [-0.4, -0.2) is 52.0 Å². The van der Waals surface area contributed by atoms with Gasteiger partial charge in [0.05, 0.1) is 18.7 Å². The number of fused-ring (bicyclic) bond motifs is 1. The number of aliphatic hydroxyl groups excluding tert-OH is 2. The van der Waals surface area contributed by atoms with E-state index in [4.69, 9.17) is 10.2 Å². The van der Waals surface area contributed by atoms with Gasteiger partial charge in [-0.15, -0.1) is 0 Å². The van der Waals surface area contributed by atoms with Gasteiger partial charge in [0, 0.05) is 31.5 Å².